The topological polar surface area (TPSA) is 50.8 Å². The average molecular weight is 360 g/mol. The maximum atomic E-state index is 13.1. The number of fused-ring (bicyclic) bond motifs is 6. The molecule has 1 fully saturated rings. The molecule has 2 aliphatic rings. The van der Waals surface area contributed by atoms with Crippen molar-refractivity contribution in [2.24, 2.45) is 0 Å². The Morgan fingerprint density at radius 3 is 2.74 bits per heavy atom. The van der Waals surface area contributed by atoms with E-state index in [0.717, 1.165) is 22.1 Å². The fraction of sp³-hybridized carbons (Fsp3) is 0.227. The van der Waals surface area contributed by atoms with Gasteiger partial charge in [-0.2, -0.15) is 0 Å². The monoisotopic (exact) mass is 360 g/mol. The van der Waals surface area contributed by atoms with E-state index in [9.17, 15) is 4.79 Å². The molecule has 5 rings (SSSR count). The number of carbonyl (C=O) groups is 1. The molecule has 5 heteroatoms. The van der Waals surface area contributed by atoms with Gasteiger partial charge in [0.05, 0.1) is 18.8 Å². The molecule has 3 aromatic carbocycles. The SMILES string of the molecule is COc1ccccc1N1C(=O)N[C@H]2C[C@@]1(C)Oc1ccc3ccccc3c12. The van der Waals surface area contributed by atoms with Crippen LogP contribution in [0.1, 0.15) is 24.9 Å². The molecule has 5 nitrogen and oxygen atoms in total. The van der Waals surface area contributed by atoms with Crippen LogP contribution in [0.25, 0.3) is 10.8 Å². The molecular weight excluding hydrogens is 340 g/mol. The van der Waals surface area contributed by atoms with E-state index in [-0.39, 0.29) is 12.1 Å². The molecule has 136 valence electrons. The van der Waals surface area contributed by atoms with Crippen molar-refractivity contribution in [3.05, 3.63) is 66.2 Å². The molecular formula is C22H20N2O3. The number of rotatable bonds is 2. The molecule has 2 aliphatic heterocycles. The zero-order chi connectivity index (χ0) is 18.6. The minimum absolute atomic E-state index is 0.0942. The van der Waals surface area contributed by atoms with Crippen LogP contribution in [0.2, 0.25) is 0 Å². The Morgan fingerprint density at radius 1 is 1.11 bits per heavy atom. The van der Waals surface area contributed by atoms with Gasteiger partial charge in [0.2, 0.25) is 0 Å². The van der Waals surface area contributed by atoms with Crippen LogP contribution in [-0.4, -0.2) is 18.9 Å². The fourth-order valence-corrected chi connectivity index (χ4v) is 4.35. The molecule has 2 atom stereocenters. The Bertz CT molecular complexity index is 1060. The van der Waals surface area contributed by atoms with E-state index in [1.807, 2.05) is 49.4 Å². The molecule has 0 saturated carbocycles. The number of anilines is 1. The summed E-state index contributed by atoms with van der Waals surface area (Å²) in [6.45, 7) is 1.96. The Balaban J connectivity index is 1.67. The van der Waals surface area contributed by atoms with Crippen molar-refractivity contribution in [2.75, 3.05) is 12.0 Å². The second-order valence-corrected chi connectivity index (χ2v) is 7.19. The summed E-state index contributed by atoms with van der Waals surface area (Å²) in [7, 11) is 1.61. The fourth-order valence-electron chi connectivity index (χ4n) is 4.35. The summed E-state index contributed by atoms with van der Waals surface area (Å²) in [6.07, 6.45) is 0.651. The number of nitrogens with one attached hydrogen (secondary N) is 1. The maximum absolute atomic E-state index is 13.1. The number of benzene rings is 3. The van der Waals surface area contributed by atoms with Gasteiger partial charge in [0.1, 0.15) is 11.5 Å². The lowest BCUT2D eigenvalue weighted by molar-refractivity contribution is 0.0382. The van der Waals surface area contributed by atoms with Crippen molar-refractivity contribution >= 4 is 22.5 Å². The van der Waals surface area contributed by atoms with Crippen LogP contribution in [0.3, 0.4) is 0 Å². The van der Waals surface area contributed by atoms with Gasteiger partial charge in [-0.3, -0.25) is 4.90 Å². The van der Waals surface area contributed by atoms with Gasteiger partial charge in [-0.1, -0.05) is 42.5 Å². The van der Waals surface area contributed by atoms with Crippen molar-refractivity contribution in [3.8, 4) is 11.5 Å². The number of hydrogen-bond acceptors (Lipinski definition) is 3. The van der Waals surface area contributed by atoms with Gasteiger partial charge in [-0.25, -0.2) is 4.79 Å². The van der Waals surface area contributed by atoms with E-state index in [2.05, 4.69) is 23.5 Å². The summed E-state index contributed by atoms with van der Waals surface area (Å²) in [5, 5.41) is 5.43. The van der Waals surface area contributed by atoms with Crippen LogP contribution in [0.4, 0.5) is 10.5 Å². The first-order chi connectivity index (χ1) is 13.1. The summed E-state index contributed by atoms with van der Waals surface area (Å²) in [6, 6.07) is 19.5. The van der Waals surface area contributed by atoms with E-state index >= 15 is 0 Å². The first-order valence-corrected chi connectivity index (χ1v) is 9.05. The lowest BCUT2D eigenvalue weighted by atomic mass is 9.87. The lowest BCUT2D eigenvalue weighted by Crippen LogP contribution is -2.65. The van der Waals surface area contributed by atoms with E-state index < -0.39 is 5.72 Å². The van der Waals surface area contributed by atoms with Crippen molar-refractivity contribution in [1.82, 2.24) is 5.32 Å². The van der Waals surface area contributed by atoms with E-state index in [4.69, 9.17) is 9.47 Å². The molecule has 0 spiro atoms. The molecule has 2 amide bonds. The van der Waals surface area contributed by atoms with Gasteiger partial charge in [-0.05, 0) is 35.9 Å². The highest BCUT2D eigenvalue weighted by Gasteiger charge is 2.50. The zero-order valence-corrected chi connectivity index (χ0v) is 15.2. The number of ether oxygens (including phenoxy) is 2. The lowest BCUT2D eigenvalue weighted by Gasteiger charge is -2.51. The quantitative estimate of drug-likeness (QED) is 0.726. The van der Waals surface area contributed by atoms with Crippen LogP contribution in [0.5, 0.6) is 11.5 Å². The molecule has 0 unspecified atom stereocenters. The Hall–Kier alpha value is -3.21. The third-order valence-electron chi connectivity index (χ3n) is 5.49. The summed E-state index contributed by atoms with van der Waals surface area (Å²) in [5.41, 5.74) is 0.957. The second kappa shape index (κ2) is 5.64. The van der Waals surface area contributed by atoms with Gasteiger partial charge in [-0.15, -0.1) is 0 Å². The third-order valence-corrected chi connectivity index (χ3v) is 5.49. The number of amides is 2. The summed E-state index contributed by atoms with van der Waals surface area (Å²) >= 11 is 0. The van der Waals surface area contributed by atoms with Crippen LogP contribution >= 0.6 is 0 Å². The number of hydrogen-bond donors (Lipinski definition) is 1. The van der Waals surface area contributed by atoms with Gasteiger partial charge in [0.15, 0.2) is 5.72 Å². The van der Waals surface area contributed by atoms with E-state index in [1.54, 1.807) is 12.0 Å². The second-order valence-electron chi connectivity index (χ2n) is 7.19. The van der Waals surface area contributed by atoms with Gasteiger partial charge in [0, 0.05) is 12.0 Å². The number of carbonyl (C=O) groups excluding carboxylic acids is 1. The molecule has 0 aliphatic carbocycles. The highest BCUT2D eigenvalue weighted by molar-refractivity contribution is 5.98. The largest absolute Gasteiger partial charge is 0.495 e. The molecule has 27 heavy (non-hydrogen) atoms. The number of urea groups is 1. The Kier molecular flexibility index (Phi) is 3.34. The number of nitrogens with zero attached hydrogens (tertiary/aromatic N) is 1. The highest BCUT2D eigenvalue weighted by Crippen LogP contribution is 2.49. The molecule has 2 bridgehead atoms. The Labute approximate surface area is 157 Å². The maximum Gasteiger partial charge on any atom is 0.325 e. The van der Waals surface area contributed by atoms with Crippen LogP contribution in [-0.2, 0) is 0 Å². The van der Waals surface area contributed by atoms with Crippen molar-refractivity contribution in [3.63, 3.8) is 0 Å². The first kappa shape index (κ1) is 16.0. The molecule has 1 saturated heterocycles. The summed E-state index contributed by atoms with van der Waals surface area (Å²) < 4.78 is 11.9. The molecule has 0 aromatic heterocycles. The first-order valence-electron chi connectivity index (χ1n) is 9.05. The van der Waals surface area contributed by atoms with Crippen molar-refractivity contribution in [1.29, 1.82) is 0 Å². The van der Waals surface area contributed by atoms with E-state index in [0.29, 0.717) is 17.9 Å². The molecule has 1 N–H and O–H groups in total. The van der Waals surface area contributed by atoms with Gasteiger partial charge in [0.25, 0.3) is 0 Å². The summed E-state index contributed by atoms with van der Waals surface area (Å²) in [5.74, 6) is 1.45. The smallest absolute Gasteiger partial charge is 0.325 e. The van der Waals surface area contributed by atoms with Crippen LogP contribution in [0.15, 0.2) is 60.7 Å². The van der Waals surface area contributed by atoms with Crippen LogP contribution in [0, 0.1) is 0 Å². The normalized spacial score (nSPS) is 23.4. The van der Waals surface area contributed by atoms with E-state index in [1.165, 1.54) is 0 Å². The van der Waals surface area contributed by atoms with Crippen molar-refractivity contribution < 1.29 is 14.3 Å². The van der Waals surface area contributed by atoms with Gasteiger partial charge < -0.3 is 14.8 Å². The average Bonchev–Trinajstić information content (AvgIpc) is 2.67. The summed E-state index contributed by atoms with van der Waals surface area (Å²) in [4.78, 5) is 14.8. The van der Waals surface area contributed by atoms with Gasteiger partial charge >= 0.3 is 6.03 Å². The number of methoxy groups -OCH3 is 1. The molecule has 0 radical (unpaired) electrons. The Morgan fingerprint density at radius 2 is 1.89 bits per heavy atom. The predicted molar refractivity (Wildman–Crippen MR) is 104 cm³/mol. The zero-order valence-electron chi connectivity index (χ0n) is 15.2. The molecule has 3 aromatic rings. The van der Waals surface area contributed by atoms with Crippen molar-refractivity contribution in [2.45, 2.75) is 25.1 Å². The van der Waals surface area contributed by atoms with Crippen LogP contribution < -0.4 is 19.7 Å². The third kappa shape index (κ3) is 2.28. The highest BCUT2D eigenvalue weighted by atomic mass is 16.5. The predicted octanol–water partition coefficient (Wildman–Crippen LogP) is 4.62. The standard InChI is InChI=1S/C22H20N2O3/c1-22-13-16(20-15-8-4-3-7-14(15)11-12-19(20)27-22)23-21(25)24(22)17-9-5-6-10-18(17)26-2/h3-12,16H,13H2,1-2H3,(H,23,25)/t16-,22+/m0/s1. The molecule has 2 heterocycles. The minimum atomic E-state index is -0.795. The number of para-hydroxylation sites is 2. The minimum Gasteiger partial charge on any atom is -0.495 e.